The van der Waals surface area contributed by atoms with Gasteiger partial charge in [-0.25, -0.2) is 0 Å². The maximum absolute atomic E-state index is 5.53. The lowest BCUT2D eigenvalue weighted by molar-refractivity contribution is 0.0995. The van der Waals surface area contributed by atoms with Gasteiger partial charge in [-0.05, 0) is 12.8 Å². The number of hydrogen-bond acceptors (Lipinski definition) is 2. The second kappa shape index (κ2) is 3.74. The molecular weight excluding hydrogens is 124 g/mol. The number of likely N-dealkylation sites (tertiary alicyclic amines) is 1. The molecule has 1 rings (SSSR count). The maximum Gasteiger partial charge on any atom is 0.0230 e. The van der Waals surface area contributed by atoms with Crippen LogP contribution in [0.15, 0.2) is 12.7 Å². The Morgan fingerprint density at radius 1 is 1.70 bits per heavy atom. The fourth-order valence-corrected chi connectivity index (χ4v) is 1.31. The minimum Gasteiger partial charge on any atom is -0.329 e. The molecule has 2 nitrogen and oxygen atoms in total. The van der Waals surface area contributed by atoms with E-state index in [-0.39, 0.29) is 0 Å². The summed E-state index contributed by atoms with van der Waals surface area (Å²) in [6.07, 6.45) is 4.34. The summed E-state index contributed by atoms with van der Waals surface area (Å²) in [5.74, 6) is 0. The first-order valence-corrected chi connectivity index (χ1v) is 3.93. The molecule has 1 fully saturated rings. The number of hydrogen-bond donors (Lipinski definition) is 1. The predicted molar refractivity (Wildman–Crippen MR) is 43.8 cm³/mol. The first kappa shape index (κ1) is 7.76. The molecule has 0 saturated carbocycles. The van der Waals surface area contributed by atoms with Crippen LogP contribution in [0.4, 0.5) is 0 Å². The van der Waals surface area contributed by atoms with Crippen LogP contribution in [0, 0.1) is 0 Å². The highest BCUT2D eigenvalue weighted by atomic mass is 15.2. The molecule has 1 heterocycles. The molecule has 1 aliphatic rings. The van der Waals surface area contributed by atoms with E-state index < -0.39 is 0 Å². The Labute approximate surface area is 62.7 Å². The van der Waals surface area contributed by atoms with Crippen molar-refractivity contribution in [2.75, 3.05) is 19.6 Å². The normalized spacial score (nSPS) is 25.9. The summed E-state index contributed by atoms with van der Waals surface area (Å²) in [4.78, 5) is 2.42. The van der Waals surface area contributed by atoms with Crippen LogP contribution >= 0.6 is 0 Å². The topological polar surface area (TPSA) is 29.3 Å². The monoisotopic (exact) mass is 140 g/mol. The van der Waals surface area contributed by atoms with E-state index in [4.69, 9.17) is 5.73 Å². The van der Waals surface area contributed by atoms with Crippen molar-refractivity contribution in [3.05, 3.63) is 12.7 Å². The second-order valence-electron chi connectivity index (χ2n) is 2.79. The smallest absolute Gasteiger partial charge is 0.0230 e. The Morgan fingerprint density at radius 3 is 2.90 bits per heavy atom. The molecule has 1 saturated heterocycles. The quantitative estimate of drug-likeness (QED) is 0.579. The van der Waals surface area contributed by atoms with Gasteiger partial charge in [0.2, 0.25) is 0 Å². The van der Waals surface area contributed by atoms with Crippen LogP contribution in [0.1, 0.15) is 12.8 Å². The summed E-state index contributed by atoms with van der Waals surface area (Å²) in [5, 5.41) is 0. The summed E-state index contributed by atoms with van der Waals surface area (Å²) in [5.41, 5.74) is 5.53. The van der Waals surface area contributed by atoms with Crippen molar-refractivity contribution in [2.24, 2.45) is 5.73 Å². The van der Waals surface area contributed by atoms with Crippen molar-refractivity contribution < 1.29 is 0 Å². The van der Waals surface area contributed by atoms with Crippen molar-refractivity contribution in [3.8, 4) is 0 Å². The van der Waals surface area contributed by atoms with E-state index in [1.54, 1.807) is 0 Å². The van der Waals surface area contributed by atoms with Gasteiger partial charge < -0.3 is 5.73 Å². The molecule has 0 amide bonds. The summed E-state index contributed by atoms with van der Waals surface area (Å²) in [7, 11) is 0. The van der Waals surface area contributed by atoms with Crippen LogP contribution in [0.25, 0.3) is 0 Å². The zero-order valence-corrected chi connectivity index (χ0v) is 6.42. The highest BCUT2D eigenvalue weighted by Gasteiger charge is 2.24. The van der Waals surface area contributed by atoms with E-state index in [1.165, 1.54) is 13.0 Å². The van der Waals surface area contributed by atoms with E-state index in [9.17, 15) is 0 Å². The Morgan fingerprint density at radius 2 is 2.50 bits per heavy atom. The molecule has 0 aromatic carbocycles. The van der Waals surface area contributed by atoms with Crippen LogP contribution in [0.2, 0.25) is 0 Å². The van der Waals surface area contributed by atoms with Gasteiger partial charge in [-0.2, -0.15) is 0 Å². The number of nitrogens with zero attached hydrogens (tertiary/aromatic N) is 1. The molecule has 58 valence electrons. The molecule has 1 aliphatic heterocycles. The Balaban J connectivity index is 2.10. The van der Waals surface area contributed by atoms with E-state index >= 15 is 0 Å². The van der Waals surface area contributed by atoms with Crippen molar-refractivity contribution in [1.29, 1.82) is 0 Å². The fraction of sp³-hybridized carbons (Fsp3) is 0.750. The molecular formula is C8H16N2. The van der Waals surface area contributed by atoms with Gasteiger partial charge in [-0.3, -0.25) is 4.90 Å². The minimum atomic E-state index is 0.667. The van der Waals surface area contributed by atoms with Crippen molar-refractivity contribution in [1.82, 2.24) is 4.90 Å². The molecule has 0 spiro atoms. The van der Waals surface area contributed by atoms with Gasteiger partial charge >= 0.3 is 0 Å². The third-order valence-corrected chi connectivity index (χ3v) is 2.16. The third-order valence-electron chi connectivity index (χ3n) is 2.16. The molecule has 0 radical (unpaired) electrons. The van der Waals surface area contributed by atoms with Crippen LogP contribution in [-0.4, -0.2) is 30.6 Å². The standard InChI is InChI=1S/C8H16N2/c1-2-3-5-10-6-4-8(10)7-9/h2,8H,1,3-7,9H2. The van der Waals surface area contributed by atoms with Gasteiger partial charge in [0.05, 0.1) is 0 Å². The van der Waals surface area contributed by atoms with Gasteiger partial charge in [0, 0.05) is 25.7 Å². The largest absolute Gasteiger partial charge is 0.329 e. The SMILES string of the molecule is C=CCCN1CCC1CN. The summed E-state index contributed by atoms with van der Waals surface area (Å²) >= 11 is 0. The zero-order valence-electron chi connectivity index (χ0n) is 6.42. The minimum absolute atomic E-state index is 0.667. The molecule has 0 aromatic rings. The Kier molecular flexibility index (Phi) is 2.90. The molecule has 2 heteroatoms. The maximum atomic E-state index is 5.53. The third kappa shape index (κ3) is 1.58. The summed E-state index contributed by atoms with van der Waals surface area (Å²) in [6.45, 7) is 6.88. The Bertz CT molecular complexity index is 110. The average molecular weight is 140 g/mol. The highest BCUT2D eigenvalue weighted by Crippen LogP contribution is 2.15. The molecule has 1 atom stereocenters. The highest BCUT2D eigenvalue weighted by molar-refractivity contribution is 4.84. The van der Waals surface area contributed by atoms with Crippen molar-refractivity contribution in [3.63, 3.8) is 0 Å². The van der Waals surface area contributed by atoms with E-state index in [1.807, 2.05) is 6.08 Å². The average Bonchev–Trinajstić information content (AvgIpc) is 1.88. The van der Waals surface area contributed by atoms with Crippen LogP contribution in [0.3, 0.4) is 0 Å². The molecule has 0 aliphatic carbocycles. The predicted octanol–water partition coefficient (Wildman–Crippen LogP) is 0.596. The first-order valence-electron chi connectivity index (χ1n) is 3.93. The molecule has 1 unspecified atom stereocenters. The fourth-order valence-electron chi connectivity index (χ4n) is 1.31. The van der Waals surface area contributed by atoms with Gasteiger partial charge in [-0.1, -0.05) is 6.08 Å². The van der Waals surface area contributed by atoms with E-state index in [2.05, 4.69) is 11.5 Å². The van der Waals surface area contributed by atoms with E-state index in [0.717, 1.165) is 19.5 Å². The van der Waals surface area contributed by atoms with Crippen molar-refractivity contribution in [2.45, 2.75) is 18.9 Å². The Hall–Kier alpha value is -0.340. The van der Waals surface area contributed by atoms with Gasteiger partial charge in [0.1, 0.15) is 0 Å². The number of rotatable bonds is 4. The van der Waals surface area contributed by atoms with Crippen LogP contribution < -0.4 is 5.73 Å². The lowest BCUT2D eigenvalue weighted by atomic mass is 10.0. The first-order chi connectivity index (χ1) is 4.88. The lowest BCUT2D eigenvalue weighted by Crippen LogP contribution is -2.51. The van der Waals surface area contributed by atoms with E-state index in [0.29, 0.717) is 6.04 Å². The summed E-state index contributed by atoms with van der Waals surface area (Å²) < 4.78 is 0. The molecule has 0 aromatic heterocycles. The second-order valence-corrected chi connectivity index (χ2v) is 2.79. The van der Waals surface area contributed by atoms with Crippen LogP contribution in [0.5, 0.6) is 0 Å². The number of nitrogens with two attached hydrogens (primary N) is 1. The van der Waals surface area contributed by atoms with Gasteiger partial charge in [0.25, 0.3) is 0 Å². The summed E-state index contributed by atoms with van der Waals surface area (Å²) in [6, 6.07) is 0.667. The molecule has 10 heavy (non-hydrogen) atoms. The lowest BCUT2D eigenvalue weighted by Gasteiger charge is -2.40. The van der Waals surface area contributed by atoms with Gasteiger partial charge in [-0.15, -0.1) is 6.58 Å². The van der Waals surface area contributed by atoms with Gasteiger partial charge in [0.15, 0.2) is 0 Å². The molecule has 0 bridgehead atoms. The zero-order chi connectivity index (χ0) is 7.40. The molecule has 2 N–H and O–H groups in total. The van der Waals surface area contributed by atoms with Crippen LogP contribution in [-0.2, 0) is 0 Å². The van der Waals surface area contributed by atoms with Crippen molar-refractivity contribution >= 4 is 0 Å².